The molecule has 0 unspecified atom stereocenters. The van der Waals surface area contributed by atoms with E-state index in [9.17, 15) is 10.1 Å². The molecule has 2 heterocycles. The molecule has 0 aliphatic rings. The van der Waals surface area contributed by atoms with Crippen LogP contribution in [0.4, 0.5) is 11.7 Å². The van der Waals surface area contributed by atoms with Crippen molar-refractivity contribution in [3.63, 3.8) is 0 Å². The van der Waals surface area contributed by atoms with E-state index in [4.69, 9.17) is 4.42 Å². The van der Waals surface area contributed by atoms with E-state index in [0.29, 0.717) is 23.7 Å². The lowest BCUT2D eigenvalue weighted by Gasteiger charge is -1.96. The highest BCUT2D eigenvalue weighted by Crippen LogP contribution is 2.23. The number of nitrogens with zero attached hydrogens (tertiary/aromatic N) is 3. The Bertz CT molecular complexity index is 719. The average molecular weight is 259 g/mol. The van der Waals surface area contributed by atoms with E-state index >= 15 is 0 Å². The fraction of sp³-hybridized carbons (Fsp3) is 0.0909. The van der Waals surface area contributed by atoms with Crippen LogP contribution in [-0.2, 0) is 6.54 Å². The van der Waals surface area contributed by atoms with Crippen molar-refractivity contribution in [1.29, 1.82) is 0 Å². The summed E-state index contributed by atoms with van der Waals surface area (Å²) < 4.78 is 5.40. The maximum atomic E-state index is 10.6. The first-order valence-electron chi connectivity index (χ1n) is 5.49. The lowest BCUT2D eigenvalue weighted by molar-refractivity contribution is -0.384. The van der Waals surface area contributed by atoms with Crippen LogP contribution in [0, 0.1) is 10.1 Å². The Balaban J connectivity index is 1.83. The van der Waals surface area contributed by atoms with E-state index in [1.165, 1.54) is 12.1 Å². The summed E-state index contributed by atoms with van der Waals surface area (Å²) in [6.07, 6.45) is 3.43. The van der Waals surface area contributed by atoms with Crippen molar-refractivity contribution in [2.24, 2.45) is 0 Å². The number of H-pyrrole nitrogens is 1. The Morgan fingerprint density at radius 2 is 2.37 bits per heavy atom. The normalized spacial score (nSPS) is 10.7. The van der Waals surface area contributed by atoms with E-state index in [1.807, 2.05) is 0 Å². The summed E-state index contributed by atoms with van der Waals surface area (Å²) >= 11 is 0. The van der Waals surface area contributed by atoms with Gasteiger partial charge in [-0.1, -0.05) is 0 Å². The quantitative estimate of drug-likeness (QED) is 0.548. The molecule has 2 aromatic heterocycles. The molecule has 0 radical (unpaired) electrons. The summed E-state index contributed by atoms with van der Waals surface area (Å²) in [5, 5.41) is 20.1. The van der Waals surface area contributed by atoms with E-state index in [1.54, 1.807) is 18.5 Å². The van der Waals surface area contributed by atoms with Gasteiger partial charge in [-0.15, -0.1) is 0 Å². The van der Waals surface area contributed by atoms with Crippen molar-refractivity contribution in [2.45, 2.75) is 6.54 Å². The van der Waals surface area contributed by atoms with Gasteiger partial charge in [-0.05, 0) is 6.07 Å². The maximum absolute atomic E-state index is 10.6. The lowest BCUT2D eigenvalue weighted by Crippen LogP contribution is -1.97. The zero-order valence-electron chi connectivity index (χ0n) is 9.66. The Kier molecular flexibility index (Phi) is 2.60. The molecule has 8 nitrogen and oxygen atoms in total. The average Bonchev–Trinajstić information content (AvgIpc) is 3.04. The standard InChI is InChI=1S/C11H9N5O3/c17-16(18)8-1-2-9-10(3-8)19-11(15-9)12-4-7-5-13-14-6-7/h1-3,5-6H,4H2,(H,12,15)(H,13,14). The van der Waals surface area contributed by atoms with Gasteiger partial charge in [0.25, 0.3) is 11.7 Å². The zero-order chi connectivity index (χ0) is 13.2. The molecule has 0 amide bonds. The molecule has 1 aromatic carbocycles. The van der Waals surface area contributed by atoms with Crippen molar-refractivity contribution in [2.75, 3.05) is 5.32 Å². The molecule has 2 N–H and O–H groups in total. The molecule has 0 saturated carbocycles. The zero-order valence-corrected chi connectivity index (χ0v) is 9.66. The van der Waals surface area contributed by atoms with Crippen molar-refractivity contribution >= 4 is 22.8 Å². The largest absolute Gasteiger partial charge is 0.423 e. The van der Waals surface area contributed by atoms with E-state index in [2.05, 4.69) is 20.5 Å². The highest BCUT2D eigenvalue weighted by atomic mass is 16.6. The van der Waals surface area contributed by atoms with Gasteiger partial charge in [0.2, 0.25) is 0 Å². The molecule has 0 atom stereocenters. The highest BCUT2D eigenvalue weighted by molar-refractivity contribution is 5.77. The van der Waals surface area contributed by atoms with E-state index in [-0.39, 0.29) is 5.69 Å². The number of anilines is 1. The van der Waals surface area contributed by atoms with Crippen LogP contribution in [0.3, 0.4) is 0 Å². The molecular weight excluding hydrogens is 250 g/mol. The molecule has 0 aliphatic heterocycles. The number of benzene rings is 1. The van der Waals surface area contributed by atoms with Gasteiger partial charge < -0.3 is 9.73 Å². The minimum atomic E-state index is -0.472. The molecule has 3 rings (SSSR count). The second-order valence-corrected chi connectivity index (χ2v) is 3.89. The van der Waals surface area contributed by atoms with Crippen LogP contribution in [0.15, 0.2) is 35.0 Å². The number of hydrogen-bond donors (Lipinski definition) is 2. The summed E-state index contributed by atoms with van der Waals surface area (Å²) in [6.45, 7) is 0.505. The van der Waals surface area contributed by atoms with Crippen LogP contribution in [0.5, 0.6) is 0 Å². The Hall–Kier alpha value is -2.90. The smallest absolute Gasteiger partial charge is 0.295 e. The number of aromatic amines is 1. The summed E-state index contributed by atoms with van der Waals surface area (Å²) in [6, 6.07) is 4.62. The number of nitro groups is 1. The van der Waals surface area contributed by atoms with E-state index < -0.39 is 4.92 Å². The van der Waals surface area contributed by atoms with Crippen molar-refractivity contribution in [3.8, 4) is 0 Å². The molecule has 19 heavy (non-hydrogen) atoms. The fourth-order valence-corrected chi connectivity index (χ4v) is 1.65. The number of oxazole rings is 1. The second-order valence-electron chi connectivity index (χ2n) is 3.89. The number of nitro benzene ring substituents is 1. The third-order valence-electron chi connectivity index (χ3n) is 2.58. The number of non-ortho nitro benzene ring substituents is 1. The number of aromatic nitrogens is 3. The van der Waals surface area contributed by atoms with Crippen LogP contribution < -0.4 is 5.32 Å². The molecule has 0 bridgehead atoms. The molecule has 96 valence electrons. The lowest BCUT2D eigenvalue weighted by atomic mass is 10.3. The third-order valence-corrected chi connectivity index (χ3v) is 2.58. The Morgan fingerprint density at radius 1 is 1.47 bits per heavy atom. The summed E-state index contributed by atoms with van der Waals surface area (Å²) in [4.78, 5) is 14.4. The predicted molar refractivity (Wildman–Crippen MR) is 66.6 cm³/mol. The summed E-state index contributed by atoms with van der Waals surface area (Å²) in [5.41, 5.74) is 1.88. The highest BCUT2D eigenvalue weighted by Gasteiger charge is 2.11. The van der Waals surface area contributed by atoms with Crippen LogP contribution in [-0.4, -0.2) is 20.1 Å². The molecule has 0 spiro atoms. The summed E-state index contributed by atoms with van der Waals surface area (Å²) in [7, 11) is 0. The minimum absolute atomic E-state index is 0.0231. The van der Waals surface area contributed by atoms with Crippen molar-refractivity contribution in [1.82, 2.24) is 15.2 Å². The Labute approximate surface area is 106 Å². The van der Waals surface area contributed by atoms with Crippen LogP contribution in [0.2, 0.25) is 0 Å². The van der Waals surface area contributed by atoms with Gasteiger partial charge in [0.1, 0.15) is 5.52 Å². The molecule has 0 saturated heterocycles. The fourth-order valence-electron chi connectivity index (χ4n) is 1.65. The van der Waals surface area contributed by atoms with Gasteiger partial charge in [0.15, 0.2) is 5.58 Å². The molecular formula is C11H9N5O3. The Morgan fingerprint density at radius 3 is 3.11 bits per heavy atom. The minimum Gasteiger partial charge on any atom is -0.423 e. The van der Waals surface area contributed by atoms with Crippen LogP contribution in [0.25, 0.3) is 11.1 Å². The molecule has 0 fully saturated rings. The van der Waals surface area contributed by atoms with Crippen LogP contribution in [0.1, 0.15) is 5.56 Å². The van der Waals surface area contributed by atoms with Crippen molar-refractivity contribution in [3.05, 3.63) is 46.3 Å². The number of hydrogen-bond acceptors (Lipinski definition) is 6. The summed E-state index contributed by atoms with van der Waals surface area (Å²) in [5.74, 6) is 0. The van der Waals surface area contributed by atoms with Gasteiger partial charge >= 0.3 is 0 Å². The van der Waals surface area contributed by atoms with Crippen LogP contribution >= 0.6 is 0 Å². The molecule has 3 aromatic rings. The van der Waals surface area contributed by atoms with Gasteiger partial charge in [0.05, 0.1) is 17.2 Å². The molecule has 0 aliphatic carbocycles. The number of fused-ring (bicyclic) bond motifs is 1. The van der Waals surface area contributed by atoms with Gasteiger partial charge in [-0.25, -0.2) is 0 Å². The third kappa shape index (κ3) is 2.23. The number of nitrogens with one attached hydrogen (secondary N) is 2. The van der Waals surface area contributed by atoms with Gasteiger partial charge in [-0.2, -0.15) is 10.1 Å². The van der Waals surface area contributed by atoms with Crippen molar-refractivity contribution < 1.29 is 9.34 Å². The van der Waals surface area contributed by atoms with E-state index in [0.717, 1.165) is 5.56 Å². The molecule has 8 heteroatoms. The number of rotatable bonds is 4. The maximum Gasteiger partial charge on any atom is 0.295 e. The predicted octanol–water partition coefficient (Wildman–Crippen LogP) is 2.07. The monoisotopic (exact) mass is 259 g/mol. The van der Waals surface area contributed by atoms with Gasteiger partial charge in [0, 0.05) is 24.4 Å². The first-order chi connectivity index (χ1) is 9.22. The van der Waals surface area contributed by atoms with Gasteiger partial charge in [-0.3, -0.25) is 15.2 Å². The first-order valence-corrected chi connectivity index (χ1v) is 5.49. The SMILES string of the molecule is O=[N+]([O-])c1ccc2nc(NCc3cn[nH]c3)oc2c1. The topological polar surface area (TPSA) is 110 Å². The first kappa shape index (κ1) is 11.2. The second kappa shape index (κ2) is 4.41.